The Kier molecular flexibility index (Phi) is 9.61. The Morgan fingerprint density at radius 1 is 1.03 bits per heavy atom. The molecule has 13 heteroatoms. The molecule has 3 unspecified atom stereocenters. The van der Waals surface area contributed by atoms with Crippen LogP contribution in [-0.4, -0.2) is 42.2 Å². The normalized spacial score (nSPS) is 20.6. The van der Waals surface area contributed by atoms with Gasteiger partial charge in [0.25, 0.3) is 0 Å². The molecule has 1 saturated carbocycles. The van der Waals surface area contributed by atoms with Crippen molar-refractivity contribution >= 4 is 23.2 Å². The highest BCUT2D eigenvalue weighted by molar-refractivity contribution is 6.42. The van der Waals surface area contributed by atoms with Crippen molar-refractivity contribution in [3.8, 4) is 11.5 Å². The highest BCUT2D eigenvalue weighted by Crippen LogP contribution is 2.37. The van der Waals surface area contributed by atoms with Crippen molar-refractivity contribution in [3.63, 3.8) is 0 Å². The summed E-state index contributed by atoms with van der Waals surface area (Å²) in [7, 11) is 0. The molecular formula is C24H24Cl2F7NO3. The van der Waals surface area contributed by atoms with Crippen LogP contribution < -0.4 is 10.1 Å². The van der Waals surface area contributed by atoms with Gasteiger partial charge in [-0.2, -0.15) is 22.0 Å². The second kappa shape index (κ2) is 11.9. The lowest BCUT2D eigenvalue weighted by molar-refractivity contribution is -0.322. The molecule has 0 amide bonds. The van der Waals surface area contributed by atoms with E-state index in [4.69, 9.17) is 27.9 Å². The van der Waals surface area contributed by atoms with E-state index < -0.39 is 49.4 Å². The third-order valence-electron chi connectivity index (χ3n) is 5.97. The van der Waals surface area contributed by atoms with Gasteiger partial charge < -0.3 is 14.6 Å². The fourth-order valence-electron chi connectivity index (χ4n) is 4.09. The zero-order valence-electron chi connectivity index (χ0n) is 19.2. The molecule has 206 valence electrons. The number of benzene rings is 2. The molecular weight excluding hydrogens is 554 g/mol. The monoisotopic (exact) mass is 577 g/mol. The minimum Gasteiger partial charge on any atom is -0.456 e. The van der Waals surface area contributed by atoms with Gasteiger partial charge in [-0.25, -0.2) is 8.78 Å². The van der Waals surface area contributed by atoms with E-state index in [1.54, 1.807) is 6.07 Å². The maximum atomic E-state index is 13.9. The first-order valence-corrected chi connectivity index (χ1v) is 12.0. The predicted octanol–water partition coefficient (Wildman–Crippen LogP) is 7.60. The summed E-state index contributed by atoms with van der Waals surface area (Å²) >= 11 is 12.0. The maximum absolute atomic E-state index is 13.9. The molecule has 0 radical (unpaired) electrons. The third-order valence-corrected chi connectivity index (χ3v) is 6.77. The minimum absolute atomic E-state index is 0.0735. The molecule has 1 aliphatic rings. The highest BCUT2D eigenvalue weighted by atomic mass is 35.5. The van der Waals surface area contributed by atoms with Crippen molar-refractivity contribution in [1.82, 2.24) is 5.32 Å². The third kappa shape index (κ3) is 7.86. The molecule has 2 aromatic carbocycles. The van der Waals surface area contributed by atoms with Gasteiger partial charge in [-0.1, -0.05) is 47.8 Å². The van der Waals surface area contributed by atoms with Crippen LogP contribution in [0.4, 0.5) is 30.7 Å². The van der Waals surface area contributed by atoms with E-state index in [2.05, 4.69) is 10.1 Å². The molecule has 1 aliphatic carbocycles. The van der Waals surface area contributed by atoms with E-state index >= 15 is 0 Å². The molecule has 3 rings (SSSR count). The summed E-state index contributed by atoms with van der Waals surface area (Å²) < 4.78 is 103. The quantitative estimate of drug-likeness (QED) is 0.225. The van der Waals surface area contributed by atoms with Gasteiger partial charge in [0.05, 0.1) is 11.1 Å². The van der Waals surface area contributed by atoms with Crippen LogP contribution in [0.15, 0.2) is 42.5 Å². The van der Waals surface area contributed by atoms with E-state index in [9.17, 15) is 35.8 Å². The van der Waals surface area contributed by atoms with Crippen molar-refractivity contribution in [2.24, 2.45) is 5.92 Å². The number of hydrogen-bond donors (Lipinski definition) is 2. The SMILES string of the molecule is OC(Cc1cccc(Oc2cccc(Cl)c2Cl)c1)(NCC1CCCC(OC(F)(F)C(F)F)C1)C(F)(F)F. The molecule has 37 heavy (non-hydrogen) atoms. The van der Waals surface area contributed by atoms with Gasteiger partial charge >= 0.3 is 18.7 Å². The van der Waals surface area contributed by atoms with E-state index in [0.29, 0.717) is 12.8 Å². The second-order valence-corrected chi connectivity index (χ2v) is 9.64. The van der Waals surface area contributed by atoms with Crippen LogP contribution in [0.5, 0.6) is 11.5 Å². The molecule has 1 fully saturated rings. The lowest BCUT2D eigenvalue weighted by Gasteiger charge is -2.36. The fourth-order valence-corrected chi connectivity index (χ4v) is 4.42. The Bertz CT molecular complexity index is 1060. The average molecular weight is 578 g/mol. The van der Waals surface area contributed by atoms with Gasteiger partial charge in [-0.15, -0.1) is 0 Å². The van der Waals surface area contributed by atoms with Crippen molar-refractivity contribution in [2.75, 3.05) is 6.54 Å². The summed E-state index contributed by atoms with van der Waals surface area (Å²) in [5.74, 6) is -0.277. The van der Waals surface area contributed by atoms with E-state index in [1.165, 1.54) is 36.4 Å². The predicted molar refractivity (Wildman–Crippen MR) is 123 cm³/mol. The molecule has 2 N–H and O–H groups in total. The van der Waals surface area contributed by atoms with Gasteiger partial charge in [0.2, 0.25) is 5.72 Å². The molecule has 0 aromatic heterocycles. The zero-order valence-corrected chi connectivity index (χ0v) is 20.7. The molecule has 0 saturated heterocycles. The van der Waals surface area contributed by atoms with Crippen molar-refractivity contribution in [3.05, 3.63) is 58.1 Å². The Labute approximate surface area is 218 Å². The summed E-state index contributed by atoms with van der Waals surface area (Å²) in [6.45, 7) is -0.398. The lowest BCUT2D eigenvalue weighted by atomic mass is 9.86. The van der Waals surface area contributed by atoms with E-state index in [-0.39, 0.29) is 39.9 Å². The van der Waals surface area contributed by atoms with Crippen LogP contribution >= 0.6 is 23.2 Å². The van der Waals surface area contributed by atoms with Crippen molar-refractivity contribution in [2.45, 2.75) is 62.6 Å². The zero-order chi connectivity index (χ0) is 27.4. The van der Waals surface area contributed by atoms with E-state index in [1.807, 2.05) is 0 Å². The first-order chi connectivity index (χ1) is 17.2. The smallest absolute Gasteiger partial charge is 0.431 e. The van der Waals surface area contributed by atoms with Gasteiger partial charge in [-0.05, 0) is 55.0 Å². The molecule has 3 atom stereocenters. The van der Waals surface area contributed by atoms with E-state index in [0.717, 1.165) is 0 Å². The Hall–Kier alpha value is -1.79. The number of halogens is 9. The van der Waals surface area contributed by atoms with Gasteiger partial charge in [0, 0.05) is 13.0 Å². The molecule has 4 nitrogen and oxygen atoms in total. The van der Waals surface area contributed by atoms with Crippen LogP contribution in [0.1, 0.15) is 31.2 Å². The Morgan fingerprint density at radius 3 is 2.41 bits per heavy atom. The Morgan fingerprint density at radius 2 is 1.73 bits per heavy atom. The van der Waals surface area contributed by atoms with Gasteiger partial charge in [-0.3, -0.25) is 5.32 Å². The summed E-state index contributed by atoms with van der Waals surface area (Å²) in [4.78, 5) is 0. The first-order valence-electron chi connectivity index (χ1n) is 11.3. The number of nitrogens with one attached hydrogen (secondary N) is 1. The van der Waals surface area contributed by atoms with Crippen LogP contribution in [0.2, 0.25) is 10.0 Å². The molecule has 0 aliphatic heterocycles. The molecule has 2 aromatic rings. The standard InChI is InChI=1S/C24H24Cl2F7NO3/c25-18-8-3-9-19(20(18)26)36-16-6-1-4-14(10-16)12-22(35,24(31,32)33)34-13-15-5-2-7-17(11-15)37-23(29,30)21(27)28/h1,3-4,6,8-10,15,17,21,34-35H,2,5,7,11-13H2. The molecule has 0 spiro atoms. The number of hydrogen-bond acceptors (Lipinski definition) is 4. The second-order valence-electron chi connectivity index (χ2n) is 8.85. The minimum atomic E-state index is -5.10. The number of rotatable bonds is 10. The van der Waals surface area contributed by atoms with Crippen LogP contribution in [0, 0.1) is 5.92 Å². The number of aliphatic hydroxyl groups is 1. The lowest BCUT2D eigenvalue weighted by Crippen LogP contribution is -2.59. The number of ether oxygens (including phenoxy) is 2. The van der Waals surface area contributed by atoms with Crippen molar-refractivity contribution in [1.29, 1.82) is 0 Å². The first kappa shape index (κ1) is 29.8. The molecule has 0 bridgehead atoms. The molecule has 0 heterocycles. The van der Waals surface area contributed by atoms with Crippen molar-refractivity contribution < 1.29 is 45.3 Å². The summed E-state index contributed by atoms with van der Waals surface area (Å²) in [5.41, 5.74) is -3.29. The van der Waals surface area contributed by atoms with Gasteiger partial charge in [0.15, 0.2) is 0 Å². The maximum Gasteiger partial charge on any atom is 0.431 e. The summed E-state index contributed by atoms with van der Waals surface area (Å²) in [5, 5.41) is 13.0. The van der Waals surface area contributed by atoms with Gasteiger partial charge in [0.1, 0.15) is 16.5 Å². The average Bonchev–Trinajstić information content (AvgIpc) is 2.80. The topological polar surface area (TPSA) is 50.7 Å². The highest BCUT2D eigenvalue weighted by Gasteiger charge is 2.54. The Balaban J connectivity index is 1.68. The number of alkyl halides is 7. The van der Waals surface area contributed by atoms with Crippen LogP contribution in [-0.2, 0) is 11.2 Å². The summed E-state index contributed by atoms with van der Waals surface area (Å²) in [6.07, 6.45) is -15.3. The van der Waals surface area contributed by atoms with Crippen LogP contribution in [0.25, 0.3) is 0 Å². The largest absolute Gasteiger partial charge is 0.456 e. The van der Waals surface area contributed by atoms with Crippen LogP contribution in [0.3, 0.4) is 0 Å². The fraction of sp³-hybridized carbons (Fsp3) is 0.500. The summed E-state index contributed by atoms with van der Waals surface area (Å²) in [6, 6.07) is 10.2.